The first kappa shape index (κ1) is 20.7. The van der Waals surface area contributed by atoms with E-state index in [1.807, 2.05) is 61.6 Å². The Labute approximate surface area is 204 Å². The fourth-order valence-electron chi connectivity index (χ4n) is 7.30. The van der Waals surface area contributed by atoms with Gasteiger partial charge in [0, 0.05) is 52.9 Å². The van der Waals surface area contributed by atoms with E-state index >= 15 is 0 Å². The SMILES string of the molecule is CN1C(=O)[C@@]2(c3ccccc31)[C@H](C(=O)c1ccccc1)[C@@H](c1c[nH]c3ccccc13)[C@@H]1CCCN12. The largest absolute Gasteiger partial charge is 0.361 e. The van der Waals surface area contributed by atoms with Crippen LogP contribution in [0.15, 0.2) is 85.1 Å². The van der Waals surface area contributed by atoms with Gasteiger partial charge in [-0.2, -0.15) is 0 Å². The number of anilines is 1. The maximum atomic E-state index is 14.5. The Morgan fingerprint density at radius 1 is 0.971 bits per heavy atom. The number of likely N-dealkylation sites (N-methyl/N-ethyl adjacent to an activating group) is 1. The van der Waals surface area contributed by atoms with Gasteiger partial charge in [-0.15, -0.1) is 0 Å². The molecule has 2 saturated heterocycles. The number of amides is 1. The molecule has 5 nitrogen and oxygen atoms in total. The average molecular weight is 462 g/mol. The number of para-hydroxylation sites is 2. The molecule has 1 amide bonds. The van der Waals surface area contributed by atoms with Crippen molar-refractivity contribution in [3.05, 3.63) is 102 Å². The van der Waals surface area contributed by atoms with Gasteiger partial charge in [-0.05, 0) is 37.1 Å². The van der Waals surface area contributed by atoms with Crippen LogP contribution >= 0.6 is 0 Å². The molecule has 5 heteroatoms. The number of fused-ring (bicyclic) bond motifs is 5. The van der Waals surface area contributed by atoms with Gasteiger partial charge in [-0.3, -0.25) is 14.5 Å². The minimum absolute atomic E-state index is 0.0159. The maximum absolute atomic E-state index is 14.5. The fraction of sp³-hybridized carbons (Fsp3) is 0.267. The molecule has 4 atom stereocenters. The number of hydrogen-bond donors (Lipinski definition) is 1. The predicted molar refractivity (Wildman–Crippen MR) is 137 cm³/mol. The number of nitrogens with zero attached hydrogens (tertiary/aromatic N) is 2. The Balaban J connectivity index is 1.53. The third-order valence-corrected chi connectivity index (χ3v) is 8.60. The van der Waals surface area contributed by atoms with Crippen LogP contribution in [0.25, 0.3) is 10.9 Å². The number of rotatable bonds is 3. The summed E-state index contributed by atoms with van der Waals surface area (Å²) in [6.45, 7) is 0.815. The van der Waals surface area contributed by atoms with Gasteiger partial charge < -0.3 is 9.88 Å². The van der Waals surface area contributed by atoms with Gasteiger partial charge in [0.05, 0.1) is 5.92 Å². The van der Waals surface area contributed by atoms with E-state index < -0.39 is 11.5 Å². The topological polar surface area (TPSA) is 56.4 Å². The molecule has 3 aromatic carbocycles. The molecule has 0 unspecified atom stereocenters. The summed E-state index contributed by atoms with van der Waals surface area (Å²) in [5, 5.41) is 1.14. The average Bonchev–Trinajstić information content (AvgIpc) is 3.65. The number of carbonyl (C=O) groups excluding carboxylic acids is 2. The monoisotopic (exact) mass is 461 g/mol. The van der Waals surface area contributed by atoms with Crippen LogP contribution in [-0.2, 0) is 10.3 Å². The van der Waals surface area contributed by atoms with E-state index in [0.717, 1.165) is 47.1 Å². The number of aromatic amines is 1. The summed E-state index contributed by atoms with van der Waals surface area (Å²) in [4.78, 5) is 36.5. The molecule has 0 aliphatic carbocycles. The van der Waals surface area contributed by atoms with Gasteiger partial charge in [0.25, 0.3) is 5.91 Å². The first-order valence-corrected chi connectivity index (χ1v) is 12.4. The molecule has 0 radical (unpaired) electrons. The summed E-state index contributed by atoms with van der Waals surface area (Å²) in [7, 11) is 1.85. The molecule has 2 fully saturated rings. The zero-order valence-electron chi connectivity index (χ0n) is 19.6. The highest BCUT2D eigenvalue weighted by atomic mass is 16.2. The zero-order chi connectivity index (χ0) is 23.7. The van der Waals surface area contributed by atoms with Crippen LogP contribution in [-0.4, -0.2) is 41.2 Å². The number of aromatic nitrogens is 1. The molecule has 0 bridgehead atoms. The molecule has 7 rings (SSSR count). The predicted octanol–water partition coefficient (Wildman–Crippen LogP) is 5.10. The molecule has 1 aromatic heterocycles. The third-order valence-electron chi connectivity index (χ3n) is 8.60. The van der Waals surface area contributed by atoms with E-state index in [9.17, 15) is 9.59 Å². The third kappa shape index (κ3) is 2.56. The van der Waals surface area contributed by atoms with Crippen molar-refractivity contribution in [1.82, 2.24) is 9.88 Å². The minimum Gasteiger partial charge on any atom is -0.361 e. The number of ketones is 1. The van der Waals surface area contributed by atoms with Crippen LogP contribution in [0.1, 0.15) is 40.2 Å². The van der Waals surface area contributed by atoms with Crippen LogP contribution in [0, 0.1) is 5.92 Å². The molecule has 3 aliphatic heterocycles. The smallest absolute Gasteiger partial charge is 0.252 e. The van der Waals surface area contributed by atoms with E-state index in [1.165, 1.54) is 0 Å². The molecule has 1 spiro atoms. The minimum atomic E-state index is -0.998. The summed E-state index contributed by atoms with van der Waals surface area (Å²) in [6.07, 6.45) is 4.07. The Bertz CT molecular complexity index is 1480. The maximum Gasteiger partial charge on any atom is 0.252 e. The summed E-state index contributed by atoms with van der Waals surface area (Å²) < 4.78 is 0. The standard InChI is InChI=1S/C30H27N3O2/c1-32-24-15-8-6-13-22(24)30(29(32)35)27(28(34)19-10-3-2-4-11-19)26(25-16-9-17-33(25)30)21-18-31-23-14-7-5-12-20(21)23/h2-8,10-15,18,25-27,31H,9,16-17H2,1H3/t25-,26-,27-,30+/m0/s1. The second-order valence-electron chi connectivity index (χ2n) is 10.1. The van der Waals surface area contributed by atoms with E-state index in [0.29, 0.717) is 5.56 Å². The molecule has 4 heterocycles. The summed E-state index contributed by atoms with van der Waals surface area (Å²) in [5.74, 6) is -0.547. The van der Waals surface area contributed by atoms with E-state index in [-0.39, 0.29) is 23.7 Å². The Kier molecular flexibility index (Phi) is 4.37. The summed E-state index contributed by atoms with van der Waals surface area (Å²) in [6, 6.07) is 26.0. The molecule has 0 saturated carbocycles. The van der Waals surface area contributed by atoms with Crippen LogP contribution in [0.2, 0.25) is 0 Å². The number of hydrogen-bond acceptors (Lipinski definition) is 3. The normalized spacial score (nSPS) is 27.6. The molecule has 4 aromatic rings. The zero-order valence-corrected chi connectivity index (χ0v) is 19.6. The van der Waals surface area contributed by atoms with Gasteiger partial charge in [0.15, 0.2) is 5.78 Å². The van der Waals surface area contributed by atoms with E-state index in [1.54, 1.807) is 4.90 Å². The lowest BCUT2D eigenvalue weighted by Gasteiger charge is -2.37. The van der Waals surface area contributed by atoms with Gasteiger partial charge in [0.2, 0.25) is 0 Å². The van der Waals surface area contributed by atoms with Crippen molar-refractivity contribution in [1.29, 1.82) is 0 Å². The summed E-state index contributed by atoms with van der Waals surface area (Å²) >= 11 is 0. The Hall–Kier alpha value is -3.70. The highest BCUT2D eigenvalue weighted by Gasteiger charge is 2.70. The highest BCUT2D eigenvalue weighted by Crippen LogP contribution is 2.62. The van der Waals surface area contributed by atoms with Gasteiger partial charge in [0.1, 0.15) is 5.54 Å². The van der Waals surface area contributed by atoms with Crippen LogP contribution < -0.4 is 4.90 Å². The molecule has 35 heavy (non-hydrogen) atoms. The second-order valence-corrected chi connectivity index (χ2v) is 10.1. The second kappa shape index (κ2) is 7.40. The number of Topliss-reactive ketones (excluding diaryl/α,β-unsaturated/α-hetero) is 1. The quantitative estimate of drug-likeness (QED) is 0.432. The molecular weight excluding hydrogens is 434 g/mol. The van der Waals surface area contributed by atoms with Crippen LogP contribution in [0.3, 0.4) is 0 Å². The van der Waals surface area contributed by atoms with Gasteiger partial charge in [-0.25, -0.2) is 0 Å². The number of nitrogens with one attached hydrogen (secondary N) is 1. The van der Waals surface area contributed by atoms with Crippen molar-refractivity contribution in [3.63, 3.8) is 0 Å². The lowest BCUT2D eigenvalue weighted by atomic mass is 9.68. The van der Waals surface area contributed by atoms with E-state index in [4.69, 9.17) is 0 Å². The number of carbonyl (C=O) groups is 2. The first-order valence-electron chi connectivity index (χ1n) is 12.4. The highest BCUT2D eigenvalue weighted by molar-refractivity contribution is 6.13. The first-order chi connectivity index (χ1) is 17.1. The van der Waals surface area contributed by atoms with Crippen LogP contribution in [0.5, 0.6) is 0 Å². The number of H-pyrrole nitrogens is 1. The fourth-order valence-corrected chi connectivity index (χ4v) is 7.30. The summed E-state index contributed by atoms with van der Waals surface area (Å²) in [5.41, 5.74) is 3.76. The van der Waals surface area contributed by atoms with Gasteiger partial charge in [-0.1, -0.05) is 66.7 Å². The lowest BCUT2D eigenvalue weighted by molar-refractivity contribution is -0.129. The van der Waals surface area contributed by atoms with E-state index in [2.05, 4.69) is 40.3 Å². The van der Waals surface area contributed by atoms with Crippen molar-refractivity contribution in [2.45, 2.75) is 30.3 Å². The van der Waals surface area contributed by atoms with Crippen molar-refractivity contribution >= 4 is 28.3 Å². The number of benzene rings is 3. The van der Waals surface area contributed by atoms with Gasteiger partial charge >= 0.3 is 0 Å². The Morgan fingerprint density at radius 2 is 1.71 bits per heavy atom. The molecule has 174 valence electrons. The molecular formula is C30H27N3O2. The van der Waals surface area contributed by atoms with Crippen molar-refractivity contribution in [3.8, 4) is 0 Å². The van der Waals surface area contributed by atoms with Crippen molar-refractivity contribution in [2.75, 3.05) is 18.5 Å². The van der Waals surface area contributed by atoms with Crippen LogP contribution in [0.4, 0.5) is 5.69 Å². The Morgan fingerprint density at radius 3 is 2.57 bits per heavy atom. The molecule has 1 N–H and O–H groups in total. The van der Waals surface area contributed by atoms with Crippen molar-refractivity contribution in [2.24, 2.45) is 5.92 Å². The van der Waals surface area contributed by atoms with Crippen molar-refractivity contribution < 1.29 is 9.59 Å². The lowest BCUT2D eigenvalue weighted by Crippen LogP contribution is -2.54. The molecule has 3 aliphatic rings.